The van der Waals surface area contributed by atoms with Crippen molar-refractivity contribution in [1.29, 1.82) is 0 Å². The summed E-state index contributed by atoms with van der Waals surface area (Å²) < 4.78 is 11.3. The molecule has 0 unspecified atom stereocenters. The summed E-state index contributed by atoms with van der Waals surface area (Å²) in [6, 6.07) is 19.1. The second-order valence-corrected chi connectivity index (χ2v) is 8.08. The molecule has 1 aliphatic heterocycles. The number of hydrogen-bond donors (Lipinski definition) is 0. The van der Waals surface area contributed by atoms with Gasteiger partial charge < -0.3 is 9.47 Å². The fraction of sp³-hybridized carbons (Fsp3) is 0.0417. The number of ether oxygens (including phenoxy) is 2. The van der Waals surface area contributed by atoms with E-state index in [1.165, 1.54) is 0 Å². The summed E-state index contributed by atoms with van der Waals surface area (Å²) >= 11 is 9.24. The van der Waals surface area contributed by atoms with E-state index in [4.69, 9.17) is 21.1 Å². The summed E-state index contributed by atoms with van der Waals surface area (Å²) in [5, 5.41) is 0.536. The van der Waals surface area contributed by atoms with E-state index >= 15 is 0 Å². The monoisotopic (exact) mass is 495 g/mol. The molecule has 1 aliphatic rings. The van der Waals surface area contributed by atoms with Gasteiger partial charge in [0.25, 0.3) is 0 Å². The molecule has 0 amide bonds. The molecule has 5 nitrogen and oxygen atoms in total. The molecule has 0 spiro atoms. The van der Waals surface area contributed by atoms with Gasteiger partial charge in [0.15, 0.2) is 5.70 Å². The minimum atomic E-state index is -0.523. The van der Waals surface area contributed by atoms with Crippen molar-refractivity contribution in [1.82, 2.24) is 0 Å². The molecular weight excluding hydrogens is 482 g/mol. The number of aryl methyl sites for hydroxylation is 1. The average Bonchev–Trinajstić information content (AvgIpc) is 3.11. The molecule has 0 atom stereocenters. The first-order chi connectivity index (χ1) is 14.9. The minimum absolute atomic E-state index is 0.188. The minimum Gasteiger partial charge on any atom is -0.422 e. The number of benzene rings is 3. The summed E-state index contributed by atoms with van der Waals surface area (Å²) in [4.78, 5) is 28.8. The third kappa shape index (κ3) is 4.93. The number of carbonyl (C=O) groups excluding carboxylic acids is 2. The zero-order chi connectivity index (χ0) is 22.0. The second-order valence-electron chi connectivity index (χ2n) is 6.79. The van der Waals surface area contributed by atoms with Crippen LogP contribution in [0.3, 0.4) is 0 Å². The molecule has 7 heteroatoms. The van der Waals surface area contributed by atoms with E-state index in [9.17, 15) is 9.59 Å². The zero-order valence-electron chi connectivity index (χ0n) is 16.3. The van der Waals surface area contributed by atoms with Crippen molar-refractivity contribution in [2.45, 2.75) is 6.92 Å². The number of carbonyl (C=O) groups is 2. The second kappa shape index (κ2) is 8.88. The maximum atomic E-state index is 12.3. The molecule has 0 bridgehead atoms. The Morgan fingerprint density at radius 3 is 2.45 bits per heavy atom. The molecule has 1 heterocycles. The third-order valence-electron chi connectivity index (χ3n) is 4.46. The maximum absolute atomic E-state index is 12.3. The molecular formula is C24H15BrClNO4. The van der Waals surface area contributed by atoms with Crippen LogP contribution in [0.2, 0.25) is 5.02 Å². The highest BCUT2D eigenvalue weighted by Gasteiger charge is 2.24. The predicted octanol–water partition coefficient (Wildman–Crippen LogP) is 5.97. The zero-order valence-corrected chi connectivity index (χ0v) is 18.6. The van der Waals surface area contributed by atoms with Gasteiger partial charge in [-0.05, 0) is 83.0 Å². The van der Waals surface area contributed by atoms with Crippen molar-refractivity contribution in [3.63, 3.8) is 0 Å². The van der Waals surface area contributed by atoms with E-state index in [-0.39, 0.29) is 11.6 Å². The molecule has 154 valence electrons. The standard InChI is InChI=1S/C24H15BrClNO4/c1-14-2-5-16(6-3-14)22-27-20(24(29)31-22)13-15-4-11-21(19(25)12-15)30-23(28)17-7-9-18(26)10-8-17/h2-13H,1H3. The Balaban J connectivity index is 1.53. The van der Waals surface area contributed by atoms with Crippen LogP contribution in [0, 0.1) is 6.92 Å². The van der Waals surface area contributed by atoms with Gasteiger partial charge >= 0.3 is 11.9 Å². The van der Waals surface area contributed by atoms with Crippen molar-refractivity contribution >= 4 is 51.4 Å². The Labute approximate surface area is 192 Å². The number of rotatable bonds is 4. The first kappa shape index (κ1) is 21.0. The van der Waals surface area contributed by atoms with Crippen LogP contribution in [0.1, 0.15) is 27.0 Å². The molecule has 31 heavy (non-hydrogen) atoms. The van der Waals surface area contributed by atoms with Crippen LogP contribution in [0.5, 0.6) is 5.75 Å². The largest absolute Gasteiger partial charge is 0.422 e. The Kier molecular flexibility index (Phi) is 6.02. The molecule has 0 aromatic heterocycles. The highest BCUT2D eigenvalue weighted by Crippen LogP contribution is 2.29. The first-order valence-electron chi connectivity index (χ1n) is 9.26. The van der Waals surface area contributed by atoms with Gasteiger partial charge in [0, 0.05) is 10.6 Å². The summed E-state index contributed by atoms with van der Waals surface area (Å²) in [5.74, 6) is -0.413. The van der Waals surface area contributed by atoms with E-state index in [1.54, 1.807) is 48.5 Å². The topological polar surface area (TPSA) is 65.0 Å². The fourth-order valence-electron chi connectivity index (χ4n) is 2.82. The van der Waals surface area contributed by atoms with Crippen LogP contribution in [0.4, 0.5) is 0 Å². The van der Waals surface area contributed by atoms with Crippen LogP contribution < -0.4 is 4.74 Å². The number of nitrogens with zero attached hydrogens (tertiary/aromatic N) is 1. The van der Waals surface area contributed by atoms with Gasteiger partial charge in [0.05, 0.1) is 10.0 Å². The number of hydrogen-bond acceptors (Lipinski definition) is 5. The lowest BCUT2D eigenvalue weighted by Gasteiger charge is -2.07. The molecule has 0 saturated carbocycles. The highest BCUT2D eigenvalue weighted by molar-refractivity contribution is 9.10. The summed E-state index contributed by atoms with van der Waals surface area (Å²) in [7, 11) is 0. The summed E-state index contributed by atoms with van der Waals surface area (Å²) in [5.41, 5.74) is 3.10. The molecule has 4 rings (SSSR count). The van der Waals surface area contributed by atoms with Gasteiger partial charge in [-0.25, -0.2) is 14.6 Å². The molecule has 0 aliphatic carbocycles. The summed E-state index contributed by atoms with van der Waals surface area (Å²) in [6.45, 7) is 1.98. The molecule has 0 N–H and O–H groups in total. The first-order valence-corrected chi connectivity index (χ1v) is 10.4. The number of esters is 2. The van der Waals surface area contributed by atoms with Gasteiger partial charge in [0.1, 0.15) is 5.75 Å². The van der Waals surface area contributed by atoms with E-state index < -0.39 is 11.9 Å². The molecule has 3 aromatic rings. The van der Waals surface area contributed by atoms with Gasteiger partial charge in [-0.2, -0.15) is 0 Å². The lowest BCUT2D eigenvalue weighted by molar-refractivity contribution is -0.129. The Hall–Kier alpha value is -3.22. The number of cyclic esters (lactones) is 1. The molecule has 3 aromatic carbocycles. The Bertz CT molecular complexity index is 1230. The van der Waals surface area contributed by atoms with Crippen molar-refractivity contribution in [2.75, 3.05) is 0 Å². The lowest BCUT2D eigenvalue weighted by Crippen LogP contribution is -2.08. The quantitative estimate of drug-likeness (QED) is 0.253. The molecule has 0 radical (unpaired) electrons. The van der Waals surface area contributed by atoms with Gasteiger partial charge in [-0.15, -0.1) is 0 Å². The smallest absolute Gasteiger partial charge is 0.363 e. The third-order valence-corrected chi connectivity index (χ3v) is 5.33. The predicted molar refractivity (Wildman–Crippen MR) is 122 cm³/mol. The lowest BCUT2D eigenvalue weighted by atomic mass is 10.1. The highest BCUT2D eigenvalue weighted by atomic mass is 79.9. The maximum Gasteiger partial charge on any atom is 0.363 e. The van der Waals surface area contributed by atoms with Crippen LogP contribution in [0.15, 0.2) is 81.9 Å². The molecule has 0 fully saturated rings. The normalized spacial score (nSPS) is 14.4. The van der Waals surface area contributed by atoms with E-state index in [2.05, 4.69) is 20.9 Å². The van der Waals surface area contributed by atoms with E-state index in [1.807, 2.05) is 31.2 Å². The van der Waals surface area contributed by atoms with E-state index in [0.717, 1.165) is 11.1 Å². The van der Waals surface area contributed by atoms with Crippen molar-refractivity contribution in [2.24, 2.45) is 4.99 Å². The molecule has 0 saturated heterocycles. The van der Waals surface area contributed by atoms with Crippen molar-refractivity contribution in [3.05, 3.63) is 104 Å². The average molecular weight is 497 g/mol. The Morgan fingerprint density at radius 1 is 1.06 bits per heavy atom. The van der Waals surface area contributed by atoms with Crippen molar-refractivity contribution in [3.8, 4) is 5.75 Å². The number of halogens is 2. The van der Waals surface area contributed by atoms with Crippen LogP contribution in [0.25, 0.3) is 6.08 Å². The van der Waals surface area contributed by atoms with Gasteiger partial charge in [0.2, 0.25) is 5.90 Å². The SMILES string of the molecule is Cc1ccc(C2=NC(=Cc3ccc(OC(=O)c4ccc(Cl)cc4)c(Br)c3)C(=O)O2)cc1. The van der Waals surface area contributed by atoms with Gasteiger partial charge in [-0.1, -0.05) is 35.4 Å². The van der Waals surface area contributed by atoms with Crippen LogP contribution in [-0.2, 0) is 9.53 Å². The van der Waals surface area contributed by atoms with Crippen molar-refractivity contribution < 1.29 is 19.1 Å². The fourth-order valence-corrected chi connectivity index (χ4v) is 3.42. The summed E-state index contributed by atoms with van der Waals surface area (Å²) in [6.07, 6.45) is 1.61. The number of aliphatic imine (C=N–C) groups is 1. The van der Waals surface area contributed by atoms with Crippen LogP contribution in [-0.4, -0.2) is 17.8 Å². The Morgan fingerprint density at radius 2 is 1.77 bits per heavy atom. The van der Waals surface area contributed by atoms with Gasteiger partial charge in [-0.3, -0.25) is 0 Å². The van der Waals surface area contributed by atoms with E-state index in [0.29, 0.717) is 26.4 Å². The van der Waals surface area contributed by atoms with Crippen LogP contribution >= 0.6 is 27.5 Å².